The van der Waals surface area contributed by atoms with Crippen molar-refractivity contribution in [1.82, 2.24) is 9.55 Å². The first-order valence-corrected chi connectivity index (χ1v) is 5.22. The Kier molecular flexibility index (Phi) is 2.57. The highest BCUT2D eigenvalue weighted by molar-refractivity contribution is 9.10. The van der Waals surface area contributed by atoms with Gasteiger partial charge in [-0.2, -0.15) is 5.26 Å². The topological polar surface area (TPSA) is 41.6 Å². The predicted molar refractivity (Wildman–Crippen MR) is 60.7 cm³/mol. The van der Waals surface area contributed by atoms with Crippen LogP contribution < -0.4 is 0 Å². The number of halogens is 1. The Morgan fingerprint density at radius 3 is 2.73 bits per heavy atom. The summed E-state index contributed by atoms with van der Waals surface area (Å²) in [6.07, 6.45) is 1.73. The average molecular weight is 262 g/mol. The van der Waals surface area contributed by atoms with Gasteiger partial charge in [0.15, 0.2) is 0 Å². The zero-order valence-corrected chi connectivity index (χ0v) is 9.69. The maximum absolute atomic E-state index is 9.00. The van der Waals surface area contributed by atoms with Crippen LogP contribution in [0.3, 0.4) is 0 Å². The van der Waals surface area contributed by atoms with Crippen molar-refractivity contribution in [3.63, 3.8) is 0 Å². The number of imidazole rings is 1. The van der Waals surface area contributed by atoms with Crippen LogP contribution in [0.15, 0.2) is 35.1 Å². The van der Waals surface area contributed by atoms with E-state index in [2.05, 4.69) is 27.0 Å². The smallest absolute Gasteiger partial charge is 0.111 e. The summed E-state index contributed by atoms with van der Waals surface area (Å²) in [5, 5.41) is 9.00. The summed E-state index contributed by atoms with van der Waals surface area (Å²) < 4.78 is 2.75. The molecule has 2 aromatic rings. The summed E-state index contributed by atoms with van der Waals surface area (Å²) in [4.78, 5) is 4.17. The molecule has 0 bridgehead atoms. The lowest BCUT2D eigenvalue weighted by atomic mass is 10.2. The monoisotopic (exact) mass is 261 g/mol. The van der Waals surface area contributed by atoms with E-state index in [0.29, 0.717) is 5.56 Å². The number of aryl methyl sites for hydroxylation is 1. The minimum Gasteiger partial charge on any atom is -0.290 e. The molecule has 3 nitrogen and oxygen atoms in total. The zero-order valence-electron chi connectivity index (χ0n) is 8.11. The number of nitrogens with zero attached hydrogens (tertiary/aromatic N) is 3. The first kappa shape index (κ1) is 9.94. The van der Waals surface area contributed by atoms with Crippen LogP contribution in [-0.2, 0) is 0 Å². The van der Waals surface area contributed by atoms with Gasteiger partial charge in [0.05, 0.1) is 17.4 Å². The molecule has 0 amide bonds. The van der Waals surface area contributed by atoms with Crippen molar-refractivity contribution in [1.29, 1.82) is 5.26 Å². The molecular weight excluding hydrogens is 254 g/mol. The minimum atomic E-state index is 0.638. The molecule has 0 aliphatic heterocycles. The molecule has 0 aliphatic rings. The van der Waals surface area contributed by atoms with Crippen molar-refractivity contribution in [2.75, 3.05) is 0 Å². The highest BCUT2D eigenvalue weighted by atomic mass is 79.9. The second-order valence-electron chi connectivity index (χ2n) is 3.09. The fourth-order valence-electron chi connectivity index (χ4n) is 1.47. The number of rotatable bonds is 1. The van der Waals surface area contributed by atoms with Gasteiger partial charge in [0.2, 0.25) is 0 Å². The SMILES string of the molecule is Cc1ncc(Br)n1-c1ccccc1C#N. The van der Waals surface area contributed by atoms with Crippen LogP contribution in [0.25, 0.3) is 5.69 Å². The van der Waals surface area contributed by atoms with Crippen molar-refractivity contribution in [3.8, 4) is 11.8 Å². The Balaban J connectivity index is 2.70. The Morgan fingerprint density at radius 2 is 2.13 bits per heavy atom. The molecule has 74 valence electrons. The van der Waals surface area contributed by atoms with E-state index in [4.69, 9.17) is 5.26 Å². The van der Waals surface area contributed by atoms with Crippen LogP contribution in [0.5, 0.6) is 0 Å². The maximum Gasteiger partial charge on any atom is 0.111 e. The molecule has 0 saturated carbocycles. The summed E-state index contributed by atoms with van der Waals surface area (Å²) in [6, 6.07) is 9.62. The molecule has 0 unspecified atom stereocenters. The Morgan fingerprint density at radius 1 is 1.40 bits per heavy atom. The van der Waals surface area contributed by atoms with Crippen LogP contribution in [0, 0.1) is 18.3 Å². The summed E-state index contributed by atoms with van der Waals surface area (Å²) in [7, 11) is 0. The maximum atomic E-state index is 9.00. The molecule has 0 spiro atoms. The van der Waals surface area contributed by atoms with E-state index in [1.54, 1.807) is 12.3 Å². The molecule has 1 aromatic heterocycles. The summed E-state index contributed by atoms with van der Waals surface area (Å²) in [6.45, 7) is 1.90. The highest BCUT2D eigenvalue weighted by Crippen LogP contribution is 2.21. The van der Waals surface area contributed by atoms with Gasteiger partial charge < -0.3 is 0 Å². The molecule has 15 heavy (non-hydrogen) atoms. The van der Waals surface area contributed by atoms with E-state index >= 15 is 0 Å². The Bertz CT molecular complexity index is 518. The van der Waals surface area contributed by atoms with Crippen molar-refractivity contribution in [2.24, 2.45) is 0 Å². The van der Waals surface area contributed by atoms with Crippen molar-refractivity contribution in [2.45, 2.75) is 6.92 Å². The summed E-state index contributed by atoms with van der Waals surface area (Å²) in [5.74, 6) is 0.851. The van der Waals surface area contributed by atoms with E-state index in [-0.39, 0.29) is 0 Å². The third kappa shape index (κ3) is 1.66. The summed E-state index contributed by atoms with van der Waals surface area (Å²) >= 11 is 3.41. The lowest BCUT2D eigenvalue weighted by molar-refractivity contribution is 0.953. The number of hydrogen-bond acceptors (Lipinski definition) is 2. The standard InChI is InChI=1S/C11H8BrN3/c1-8-14-7-11(12)15(8)10-5-3-2-4-9(10)6-13/h2-5,7H,1H3. The molecule has 0 atom stereocenters. The van der Waals surface area contributed by atoms with Crippen LogP contribution in [-0.4, -0.2) is 9.55 Å². The second kappa shape index (κ2) is 3.87. The molecule has 1 heterocycles. The van der Waals surface area contributed by atoms with Gasteiger partial charge in [-0.1, -0.05) is 12.1 Å². The number of para-hydroxylation sites is 1. The lowest BCUT2D eigenvalue weighted by Crippen LogP contribution is -1.99. The summed E-state index contributed by atoms with van der Waals surface area (Å²) in [5.41, 5.74) is 1.49. The molecule has 4 heteroatoms. The Labute approximate surface area is 96.1 Å². The van der Waals surface area contributed by atoms with Gasteiger partial charge in [-0.05, 0) is 35.0 Å². The Hall–Kier alpha value is -1.60. The molecule has 0 radical (unpaired) electrons. The fraction of sp³-hybridized carbons (Fsp3) is 0.0909. The molecule has 0 N–H and O–H groups in total. The highest BCUT2D eigenvalue weighted by Gasteiger charge is 2.09. The minimum absolute atomic E-state index is 0.638. The normalized spacial score (nSPS) is 9.93. The van der Waals surface area contributed by atoms with Gasteiger partial charge >= 0.3 is 0 Å². The van der Waals surface area contributed by atoms with E-state index in [9.17, 15) is 0 Å². The number of nitriles is 1. The fourth-order valence-corrected chi connectivity index (χ4v) is 2.02. The predicted octanol–water partition coefficient (Wildman–Crippen LogP) is 2.81. The van der Waals surface area contributed by atoms with Crippen LogP contribution in [0.1, 0.15) is 11.4 Å². The number of aromatic nitrogens is 2. The third-order valence-corrected chi connectivity index (χ3v) is 2.72. The van der Waals surface area contributed by atoms with Gasteiger partial charge in [-0.25, -0.2) is 4.98 Å². The molecule has 0 fully saturated rings. The quantitative estimate of drug-likeness (QED) is 0.792. The molecule has 0 aliphatic carbocycles. The largest absolute Gasteiger partial charge is 0.290 e. The van der Waals surface area contributed by atoms with Crippen molar-refractivity contribution < 1.29 is 0 Å². The third-order valence-electron chi connectivity index (χ3n) is 2.16. The molecule has 1 aromatic carbocycles. The van der Waals surface area contributed by atoms with E-state index in [0.717, 1.165) is 16.1 Å². The lowest BCUT2D eigenvalue weighted by Gasteiger charge is -2.08. The number of benzene rings is 1. The molecular formula is C11H8BrN3. The van der Waals surface area contributed by atoms with Crippen LogP contribution in [0.4, 0.5) is 0 Å². The average Bonchev–Trinajstić information content (AvgIpc) is 2.59. The van der Waals surface area contributed by atoms with Crippen molar-refractivity contribution >= 4 is 15.9 Å². The second-order valence-corrected chi connectivity index (χ2v) is 3.90. The molecule has 2 rings (SSSR count). The number of hydrogen-bond donors (Lipinski definition) is 0. The first-order chi connectivity index (χ1) is 7.24. The zero-order chi connectivity index (χ0) is 10.8. The van der Waals surface area contributed by atoms with Crippen LogP contribution in [0.2, 0.25) is 0 Å². The van der Waals surface area contributed by atoms with E-state index < -0.39 is 0 Å². The van der Waals surface area contributed by atoms with Gasteiger partial charge in [0.1, 0.15) is 16.5 Å². The molecule has 0 saturated heterocycles. The first-order valence-electron chi connectivity index (χ1n) is 4.43. The van der Waals surface area contributed by atoms with Gasteiger partial charge in [-0.15, -0.1) is 0 Å². The van der Waals surface area contributed by atoms with E-state index in [1.807, 2.05) is 29.7 Å². The van der Waals surface area contributed by atoms with Crippen LogP contribution >= 0.6 is 15.9 Å². The van der Waals surface area contributed by atoms with Gasteiger partial charge in [0, 0.05) is 0 Å². The van der Waals surface area contributed by atoms with Gasteiger partial charge in [-0.3, -0.25) is 4.57 Å². The van der Waals surface area contributed by atoms with Gasteiger partial charge in [0.25, 0.3) is 0 Å². The van der Waals surface area contributed by atoms with E-state index in [1.165, 1.54) is 0 Å². The van der Waals surface area contributed by atoms with Crippen molar-refractivity contribution in [3.05, 3.63) is 46.5 Å².